The van der Waals surface area contributed by atoms with Gasteiger partial charge in [-0.05, 0) is 55.7 Å². The van der Waals surface area contributed by atoms with E-state index < -0.39 is 0 Å². The van der Waals surface area contributed by atoms with Crippen molar-refractivity contribution in [1.82, 2.24) is 10.3 Å². The smallest absolute Gasteiger partial charge is 0.224 e. The highest BCUT2D eigenvalue weighted by Crippen LogP contribution is 2.24. The largest absolute Gasteiger partial charge is 0.465 e. The van der Waals surface area contributed by atoms with Crippen LogP contribution in [-0.2, 0) is 24.2 Å². The first kappa shape index (κ1) is 15.4. The van der Waals surface area contributed by atoms with E-state index >= 15 is 0 Å². The summed E-state index contributed by atoms with van der Waals surface area (Å²) in [4.78, 5) is 15.6. The number of rotatable bonds is 5. The molecule has 0 aliphatic heterocycles. The van der Waals surface area contributed by atoms with Crippen LogP contribution >= 0.6 is 0 Å². The summed E-state index contributed by atoms with van der Waals surface area (Å²) in [6.07, 6.45) is 1.36. The lowest BCUT2D eigenvalue weighted by molar-refractivity contribution is -0.120. The Hall–Kier alpha value is -2.49. The zero-order chi connectivity index (χ0) is 16.4. The van der Waals surface area contributed by atoms with Crippen molar-refractivity contribution < 1.29 is 9.21 Å². The molecule has 3 aromatic rings. The molecule has 4 heteroatoms. The number of H-pyrrole nitrogens is 1. The van der Waals surface area contributed by atoms with E-state index in [1.165, 1.54) is 5.56 Å². The number of aromatic amines is 1. The number of carbonyl (C=O) groups is 1. The fourth-order valence-corrected chi connectivity index (χ4v) is 2.87. The summed E-state index contributed by atoms with van der Waals surface area (Å²) in [5.74, 6) is 1.64. The van der Waals surface area contributed by atoms with E-state index in [2.05, 4.69) is 35.4 Å². The summed E-state index contributed by atoms with van der Waals surface area (Å²) in [6.45, 7) is 6.47. The first-order valence-corrected chi connectivity index (χ1v) is 7.99. The molecule has 0 saturated heterocycles. The minimum absolute atomic E-state index is 0.00459. The summed E-state index contributed by atoms with van der Waals surface area (Å²) < 4.78 is 5.47. The third kappa shape index (κ3) is 3.31. The third-order valence-corrected chi connectivity index (χ3v) is 4.19. The zero-order valence-corrected chi connectivity index (χ0v) is 13.8. The van der Waals surface area contributed by atoms with E-state index in [4.69, 9.17) is 4.42 Å². The van der Waals surface area contributed by atoms with Gasteiger partial charge in [0.25, 0.3) is 0 Å². The van der Waals surface area contributed by atoms with Crippen LogP contribution in [0.5, 0.6) is 0 Å². The molecule has 4 nitrogen and oxygen atoms in total. The number of fused-ring (bicyclic) bond motifs is 1. The molecule has 0 atom stereocenters. The number of aromatic nitrogens is 1. The zero-order valence-electron chi connectivity index (χ0n) is 13.8. The molecule has 120 valence electrons. The van der Waals surface area contributed by atoms with E-state index in [0.29, 0.717) is 13.0 Å². The summed E-state index contributed by atoms with van der Waals surface area (Å²) >= 11 is 0. The number of aryl methyl sites for hydroxylation is 3. The number of benzene rings is 1. The summed E-state index contributed by atoms with van der Waals surface area (Å²) in [5.41, 5.74) is 4.49. The molecule has 0 bridgehead atoms. The van der Waals surface area contributed by atoms with Crippen LogP contribution in [0.4, 0.5) is 0 Å². The van der Waals surface area contributed by atoms with Crippen molar-refractivity contribution in [2.45, 2.75) is 40.2 Å². The standard InChI is InChI=1S/C19H22N2O2/c1-4-14-6-8-18-17(9-14)16(13(3)21-18)10-19(22)20-11-15-7-5-12(2)23-15/h5-9,21H,4,10-11H2,1-3H3,(H,20,22). The van der Waals surface area contributed by atoms with Gasteiger partial charge in [0, 0.05) is 16.6 Å². The Kier molecular flexibility index (Phi) is 4.24. The maximum atomic E-state index is 12.3. The lowest BCUT2D eigenvalue weighted by Gasteiger charge is -2.05. The van der Waals surface area contributed by atoms with Crippen molar-refractivity contribution in [2.24, 2.45) is 0 Å². The van der Waals surface area contributed by atoms with Gasteiger partial charge in [0.2, 0.25) is 5.91 Å². The number of hydrogen-bond donors (Lipinski definition) is 2. The molecule has 0 unspecified atom stereocenters. The Morgan fingerprint density at radius 1 is 1.22 bits per heavy atom. The highest BCUT2D eigenvalue weighted by Gasteiger charge is 2.13. The van der Waals surface area contributed by atoms with Crippen LogP contribution in [-0.4, -0.2) is 10.9 Å². The third-order valence-electron chi connectivity index (χ3n) is 4.19. The van der Waals surface area contributed by atoms with Crippen LogP contribution in [0.15, 0.2) is 34.7 Å². The molecule has 0 fully saturated rings. The topological polar surface area (TPSA) is 58.0 Å². The van der Waals surface area contributed by atoms with Gasteiger partial charge in [0.05, 0.1) is 13.0 Å². The molecule has 0 radical (unpaired) electrons. The molecule has 1 amide bonds. The maximum absolute atomic E-state index is 12.3. The van der Waals surface area contributed by atoms with Crippen molar-refractivity contribution in [3.05, 3.63) is 58.7 Å². The van der Waals surface area contributed by atoms with Crippen molar-refractivity contribution in [2.75, 3.05) is 0 Å². The Labute approximate surface area is 135 Å². The van der Waals surface area contributed by atoms with Gasteiger partial charge in [-0.3, -0.25) is 4.79 Å². The molecule has 3 rings (SSSR count). The van der Waals surface area contributed by atoms with Crippen molar-refractivity contribution in [3.8, 4) is 0 Å². The number of carbonyl (C=O) groups excluding carboxylic acids is 1. The molecule has 0 aliphatic carbocycles. The van der Waals surface area contributed by atoms with Crippen LogP contribution in [0.2, 0.25) is 0 Å². The molecule has 2 heterocycles. The van der Waals surface area contributed by atoms with Crippen LogP contribution in [0.1, 0.15) is 35.3 Å². The van der Waals surface area contributed by atoms with Gasteiger partial charge in [0.15, 0.2) is 0 Å². The quantitative estimate of drug-likeness (QED) is 0.753. The summed E-state index contributed by atoms with van der Waals surface area (Å²) in [5, 5.41) is 4.07. The first-order chi connectivity index (χ1) is 11.1. The Morgan fingerprint density at radius 3 is 2.74 bits per heavy atom. The summed E-state index contributed by atoms with van der Waals surface area (Å²) in [7, 11) is 0. The number of amides is 1. The Bertz CT molecular complexity index is 842. The van der Waals surface area contributed by atoms with Crippen molar-refractivity contribution >= 4 is 16.8 Å². The van der Waals surface area contributed by atoms with Gasteiger partial charge in [-0.1, -0.05) is 13.0 Å². The number of nitrogens with one attached hydrogen (secondary N) is 2. The van der Waals surface area contributed by atoms with E-state index in [0.717, 1.165) is 40.1 Å². The minimum atomic E-state index is 0.00459. The highest BCUT2D eigenvalue weighted by molar-refractivity contribution is 5.90. The lowest BCUT2D eigenvalue weighted by atomic mass is 10.0. The average Bonchev–Trinajstić information content (AvgIpc) is 3.09. The molecular formula is C19H22N2O2. The highest BCUT2D eigenvalue weighted by atomic mass is 16.3. The molecule has 23 heavy (non-hydrogen) atoms. The van der Waals surface area contributed by atoms with E-state index in [9.17, 15) is 4.79 Å². The van der Waals surface area contributed by atoms with Crippen LogP contribution in [0.3, 0.4) is 0 Å². The van der Waals surface area contributed by atoms with Crippen molar-refractivity contribution in [1.29, 1.82) is 0 Å². The average molecular weight is 310 g/mol. The van der Waals surface area contributed by atoms with Gasteiger partial charge in [-0.2, -0.15) is 0 Å². The van der Waals surface area contributed by atoms with Crippen LogP contribution in [0.25, 0.3) is 10.9 Å². The van der Waals surface area contributed by atoms with Crippen LogP contribution in [0, 0.1) is 13.8 Å². The fraction of sp³-hybridized carbons (Fsp3) is 0.316. The normalized spacial score (nSPS) is 11.1. The maximum Gasteiger partial charge on any atom is 0.224 e. The van der Waals surface area contributed by atoms with Gasteiger partial charge in [-0.15, -0.1) is 0 Å². The number of hydrogen-bond acceptors (Lipinski definition) is 2. The Morgan fingerprint density at radius 2 is 2.04 bits per heavy atom. The predicted octanol–water partition coefficient (Wildman–Crippen LogP) is 3.80. The molecule has 0 saturated carbocycles. The SMILES string of the molecule is CCc1ccc2[nH]c(C)c(CC(=O)NCc3ccc(C)o3)c2c1. The second-order valence-corrected chi connectivity index (χ2v) is 5.93. The van der Waals surface area contributed by atoms with Gasteiger partial charge < -0.3 is 14.7 Å². The first-order valence-electron chi connectivity index (χ1n) is 7.99. The fourth-order valence-electron chi connectivity index (χ4n) is 2.87. The molecule has 1 aromatic carbocycles. The van der Waals surface area contributed by atoms with Crippen molar-refractivity contribution in [3.63, 3.8) is 0 Å². The van der Waals surface area contributed by atoms with Gasteiger partial charge >= 0.3 is 0 Å². The van der Waals surface area contributed by atoms with Gasteiger partial charge in [0.1, 0.15) is 11.5 Å². The summed E-state index contributed by atoms with van der Waals surface area (Å²) in [6, 6.07) is 10.2. The minimum Gasteiger partial charge on any atom is -0.465 e. The van der Waals surface area contributed by atoms with E-state index in [1.54, 1.807) is 0 Å². The molecule has 0 aliphatic rings. The molecule has 2 aromatic heterocycles. The monoisotopic (exact) mass is 310 g/mol. The predicted molar refractivity (Wildman–Crippen MR) is 91.4 cm³/mol. The Balaban J connectivity index is 1.74. The number of furan rings is 1. The van der Waals surface area contributed by atoms with Crippen LogP contribution < -0.4 is 5.32 Å². The van der Waals surface area contributed by atoms with E-state index in [-0.39, 0.29) is 5.91 Å². The molecular weight excluding hydrogens is 288 g/mol. The second-order valence-electron chi connectivity index (χ2n) is 5.93. The van der Waals surface area contributed by atoms with Gasteiger partial charge in [-0.25, -0.2) is 0 Å². The van der Waals surface area contributed by atoms with E-state index in [1.807, 2.05) is 26.0 Å². The second kappa shape index (κ2) is 6.32. The molecule has 2 N–H and O–H groups in total. The molecule has 0 spiro atoms. The lowest BCUT2D eigenvalue weighted by Crippen LogP contribution is -2.24.